The van der Waals surface area contributed by atoms with Crippen LogP contribution in [0.2, 0.25) is 0 Å². The summed E-state index contributed by atoms with van der Waals surface area (Å²) >= 11 is 0. The zero-order valence-electron chi connectivity index (χ0n) is 24.9. The predicted molar refractivity (Wildman–Crippen MR) is 165 cm³/mol. The van der Waals surface area contributed by atoms with Gasteiger partial charge in [0.2, 0.25) is 5.88 Å². The summed E-state index contributed by atoms with van der Waals surface area (Å²) in [5.74, 6) is -1.25. The highest BCUT2D eigenvalue weighted by Gasteiger charge is 2.43. The number of pyridine rings is 1. The van der Waals surface area contributed by atoms with Gasteiger partial charge in [-0.05, 0) is 60.9 Å². The van der Waals surface area contributed by atoms with Gasteiger partial charge in [0.25, 0.3) is 0 Å². The van der Waals surface area contributed by atoms with Gasteiger partial charge in [-0.25, -0.2) is 23.5 Å². The van der Waals surface area contributed by atoms with Crippen molar-refractivity contribution < 1.29 is 28.5 Å². The number of fused-ring (bicyclic) bond motifs is 1. The smallest absolute Gasteiger partial charge is 0.335 e. The third-order valence-electron chi connectivity index (χ3n) is 7.84. The highest BCUT2D eigenvalue weighted by atomic mass is 19.1. The molecule has 2 aromatic heterocycles. The molecule has 1 saturated carbocycles. The van der Waals surface area contributed by atoms with Crippen LogP contribution in [0, 0.1) is 28.4 Å². The Bertz CT molecular complexity index is 1910. The van der Waals surface area contributed by atoms with Crippen LogP contribution >= 0.6 is 0 Å². The van der Waals surface area contributed by atoms with E-state index in [9.17, 15) is 19.4 Å². The molecule has 8 nitrogen and oxygen atoms in total. The van der Waals surface area contributed by atoms with Crippen LogP contribution in [-0.2, 0) is 19.6 Å². The molecule has 0 spiro atoms. The summed E-state index contributed by atoms with van der Waals surface area (Å²) in [6.07, 6.45) is 1.86. The number of carboxylic acids is 1. The largest absolute Gasteiger partial charge is 0.478 e. The van der Waals surface area contributed by atoms with Crippen molar-refractivity contribution in [3.63, 3.8) is 0 Å². The number of benzene rings is 3. The number of halogens is 2. The quantitative estimate of drug-likeness (QED) is 0.176. The molecule has 3 aromatic carbocycles. The Balaban J connectivity index is 0.00000196. The summed E-state index contributed by atoms with van der Waals surface area (Å²) < 4.78 is 37.3. The van der Waals surface area contributed by atoms with Crippen molar-refractivity contribution in [1.82, 2.24) is 14.5 Å². The van der Waals surface area contributed by atoms with Gasteiger partial charge in [-0.3, -0.25) is 0 Å². The molecule has 0 saturated heterocycles. The summed E-state index contributed by atoms with van der Waals surface area (Å²) in [5, 5.41) is 28.4. The molecule has 2 N–H and O–H groups in total. The molecule has 0 bridgehead atoms. The van der Waals surface area contributed by atoms with Crippen molar-refractivity contribution >= 4 is 17.0 Å². The number of aliphatic hydroxyl groups is 1. The first-order chi connectivity index (χ1) is 21.8. The first-order valence-corrected chi connectivity index (χ1v) is 14.7. The SMILES string of the molecule is CC.N#Cc1ccc(COc2cccc(-c3ccc(Cc4nc5ccc(C(=O)O)cc5n4CC4(CO)CC4)c(F)c3)n2)c(F)c1. The summed E-state index contributed by atoms with van der Waals surface area (Å²) in [6.45, 7) is 4.38. The average Bonchev–Trinajstić information content (AvgIpc) is 3.77. The third-order valence-corrected chi connectivity index (χ3v) is 7.84. The normalized spacial score (nSPS) is 13.1. The number of aromatic nitrogens is 3. The number of nitriles is 1. The second kappa shape index (κ2) is 13.2. The Labute approximate surface area is 259 Å². The van der Waals surface area contributed by atoms with Crippen molar-refractivity contribution in [1.29, 1.82) is 5.26 Å². The summed E-state index contributed by atoms with van der Waals surface area (Å²) in [6, 6.07) is 20.6. The molecule has 230 valence electrons. The van der Waals surface area contributed by atoms with Crippen LogP contribution in [0.4, 0.5) is 8.78 Å². The first kappa shape index (κ1) is 31.3. The summed E-state index contributed by atoms with van der Waals surface area (Å²) in [5.41, 5.74) is 2.97. The van der Waals surface area contributed by atoms with Crippen LogP contribution in [0.5, 0.6) is 5.88 Å². The van der Waals surface area contributed by atoms with Gasteiger partial charge in [0.05, 0.1) is 40.5 Å². The number of hydrogen-bond donors (Lipinski definition) is 2. The fraction of sp³-hybridized carbons (Fsp3) is 0.257. The standard InChI is InChI=1S/C33H26F2N4O4.C2H6/c34-25-12-20(16-36)4-5-24(25)17-43-31-3-1-2-27(38-31)22-7-6-21(26(35)13-22)15-30-37-28-9-8-23(32(41)42)14-29(28)39(30)18-33(19-40)10-11-33;1-2/h1-9,12-14,40H,10-11,15,17-19H2,(H,41,42);1-2H3. The molecular formula is C35H32F2N4O4. The van der Waals surface area contributed by atoms with E-state index in [4.69, 9.17) is 15.0 Å². The number of nitrogens with zero attached hydrogens (tertiary/aromatic N) is 4. The fourth-order valence-electron chi connectivity index (χ4n) is 5.06. The van der Waals surface area contributed by atoms with Crippen LogP contribution in [0.3, 0.4) is 0 Å². The molecule has 10 heteroatoms. The van der Waals surface area contributed by atoms with E-state index < -0.39 is 17.6 Å². The average molecular weight is 611 g/mol. The second-order valence-corrected chi connectivity index (χ2v) is 10.8. The molecule has 5 aromatic rings. The lowest BCUT2D eigenvalue weighted by atomic mass is 10.0. The minimum absolute atomic E-state index is 0.00594. The number of carboxylic acid groups (broad SMARTS) is 1. The summed E-state index contributed by atoms with van der Waals surface area (Å²) in [4.78, 5) is 20.7. The highest BCUT2D eigenvalue weighted by Crippen LogP contribution is 2.47. The molecule has 1 aliphatic carbocycles. The van der Waals surface area contributed by atoms with Gasteiger partial charge in [0.15, 0.2) is 0 Å². The number of imidazole rings is 1. The molecular weight excluding hydrogens is 578 g/mol. The maximum absolute atomic E-state index is 15.5. The van der Waals surface area contributed by atoms with E-state index in [2.05, 4.69) is 4.98 Å². The van der Waals surface area contributed by atoms with Gasteiger partial charge < -0.3 is 19.5 Å². The molecule has 0 amide bonds. The maximum atomic E-state index is 15.5. The van der Waals surface area contributed by atoms with Gasteiger partial charge in [-0.1, -0.05) is 38.1 Å². The molecule has 0 atom stereocenters. The first-order valence-electron chi connectivity index (χ1n) is 14.7. The van der Waals surface area contributed by atoms with E-state index in [1.165, 1.54) is 24.3 Å². The van der Waals surface area contributed by atoms with E-state index >= 15 is 4.39 Å². The van der Waals surface area contributed by atoms with Crippen LogP contribution < -0.4 is 4.74 Å². The fourth-order valence-corrected chi connectivity index (χ4v) is 5.06. The van der Waals surface area contributed by atoms with E-state index in [-0.39, 0.29) is 47.6 Å². The molecule has 0 aliphatic heterocycles. The Morgan fingerprint density at radius 3 is 2.42 bits per heavy atom. The highest BCUT2D eigenvalue weighted by molar-refractivity contribution is 5.92. The number of aromatic carboxylic acids is 1. The lowest BCUT2D eigenvalue weighted by Crippen LogP contribution is -2.18. The van der Waals surface area contributed by atoms with Gasteiger partial charge in [-0.15, -0.1) is 0 Å². The van der Waals surface area contributed by atoms with Crippen LogP contribution in [0.1, 0.15) is 59.6 Å². The number of rotatable bonds is 10. The van der Waals surface area contributed by atoms with Crippen molar-refractivity contribution in [3.8, 4) is 23.2 Å². The zero-order chi connectivity index (χ0) is 32.1. The zero-order valence-corrected chi connectivity index (χ0v) is 24.9. The van der Waals surface area contributed by atoms with E-state index in [1.54, 1.807) is 42.5 Å². The number of ether oxygens (including phenoxy) is 1. The molecule has 45 heavy (non-hydrogen) atoms. The van der Waals surface area contributed by atoms with Crippen LogP contribution in [-0.4, -0.2) is 37.3 Å². The minimum atomic E-state index is -1.05. The Hall–Kier alpha value is -5.14. The van der Waals surface area contributed by atoms with Gasteiger partial charge in [-0.2, -0.15) is 5.26 Å². The van der Waals surface area contributed by atoms with Crippen molar-refractivity contribution in [2.24, 2.45) is 5.41 Å². The van der Waals surface area contributed by atoms with E-state index in [0.717, 1.165) is 18.9 Å². The van der Waals surface area contributed by atoms with E-state index in [0.29, 0.717) is 40.2 Å². The lowest BCUT2D eigenvalue weighted by Gasteiger charge is -2.16. The predicted octanol–water partition coefficient (Wildman–Crippen LogP) is 6.91. The molecule has 1 aliphatic rings. The molecule has 1 fully saturated rings. The minimum Gasteiger partial charge on any atom is -0.478 e. The van der Waals surface area contributed by atoms with Crippen molar-refractivity contribution in [2.45, 2.75) is 46.3 Å². The van der Waals surface area contributed by atoms with Gasteiger partial charge in [0.1, 0.15) is 24.1 Å². The molecule has 0 unspecified atom stereocenters. The molecule has 2 heterocycles. The van der Waals surface area contributed by atoms with Crippen LogP contribution in [0.25, 0.3) is 22.3 Å². The molecule has 6 rings (SSSR count). The van der Waals surface area contributed by atoms with Gasteiger partial charge >= 0.3 is 5.97 Å². The maximum Gasteiger partial charge on any atom is 0.335 e. The molecule has 0 radical (unpaired) electrons. The lowest BCUT2D eigenvalue weighted by molar-refractivity contribution is 0.0697. The van der Waals surface area contributed by atoms with Crippen LogP contribution in [0.15, 0.2) is 72.8 Å². The Kier molecular flexibility index (Phi) is 9.21. The van der Waals surface area contributed by atoms with Crippen molar-refractivity contribution in [3.05, 3.63) is 113 Å². The number of aliphatic hydroxyl groups excluding tert-OH is 1. The Morgan fingerprint density at radius 2 is 1.76 bits per heavy atom. The number of hydrogen-bond acceptors (Lipinski definition) is 6. The van der Waals surface area contributed by atoms with Gasteiger partial charge in [0, 0.05) is 35.6 Å². The van der Waals surface area contributed by atoms with E-state index in [1.807, 2.05) is 24.5 Å². The number of carbonyl (C=O) groups is 1. The Morgan fingerprint density at radius 1 is 1.00 bits per heavy atom. The summed E-state index contributed by atoms with van der Waals surface area (Å²) in [7, 11) is 0. The third kappa shape index (κ3) is 6.84. The second-order valence-electron chi connectivity index (χ2n) is 10.8. The van der Waals surface area contributed by atoms with Crippen molar-refractivity contribution in [2.75, 3.05) is 6.61 Å². The topological polar surface area (TPSA) is 121 Å². The monoisotopic (exact) mass is 610 g/mol.